The summed E-state index contributed by atoms with van der Waals surface area (Å²) in [6, 6.07) is 17.1. The van der Waals surface area contributed by atoms with Crippen molar-refractivity contribution in [3.05, 3.63) is 71.3 Å². The number of benzene rings is 2. The van der Waals surface area contributed by atoms with Gasteiger partial charge in [0.1, 0.15) is 6.04 Å². The molecule has 8 nitrogen and oxygen atoms in total. The Labute approximate surface area is 225 Å². The van der Waals surface area contributed by atoms with E-state index >= 15 is 0 Å². The third-order valence-corrected chi connectivity index (χ3v) is 7.86. The van der Waals surface area contributed by atoms with Crippen molar-refractivity contribution >= 4 is 17.7 Å². The second kappa shape index (κ2) is 11.3. The Hall–Kier alpha value is -3.23. The molecular formula is C30H40N4O4. The number of piperidine rings is 1. The van der Waals surface area contributed by atoms with Crippen molar-refractivity contribution < 1.29 is 19.1 Å². The number of hydrogen-bond acceptors (Lipinski definition) is 5. The first-order chi connectivity index (χ1) is 18.0. The van der Waals surface area contributed by atoms with Crippen LogP contribution < -0.4 is 11.1 Å². The number of hydrogen-bond donors (Lipinski definition) is 2. The van der Waals surface area contributed by atoms with Crippen LogP contribution in [0, 0.1) is 0 Å². The van der Waals surface area contributed by atoms with Crippen LogP contribution in [-0.4, -0.2) is 72.9 Å². The smallest absolute Gasteiger partial charge is 0.247 e. The van der Waals surface area contributed by atoms with Crippen molar-refractivity contribution in [2.45, 2.75) is 62.6 Å². The zero-order chi connectivity index (χ0) is 27.5. The van der Waals surface area contributed by atoms with E-state index in [4.69, 9.17) is 10.5 Å². The summed E-state index contributed by atoms with van der Waals surface area (Å²) in [4.78, 5) is 42.8. The number of likely N-dealkylation sites (tertiary alicyclic amines) is 1. The lowest BCUT2D eigenvalue weighted by Gasteiger charge is -2.41. The molecule has 0 saturated carbocycles. The van der Waals surface area contributed by atoms with E-state index in [1.165, 1.54) is 5.56 Å². The molecule has 2 atom stereocenters. The van der Waals surface area contributed by atoms with Crippen LogP contribution in [-0.2, 0) is 31.1 Å². The standard InChI is InChI=1S/C30H40N4O4/c1-29(2,31)28(37)32-25(20-38-19-21-10-6-5-7-11-21)27(36)34-16-14-30(15-17-34)18-23(26(35)33(3)4)22-12-8-9-13-24(22)30/h5-13,23,25H,14-20,31H2,1-4H3,(H,32,37). The number of nitrogens with two attached hydrogens (primary N) is 1. The second-order valence-electron chi connectivity index (χ2n) is 11.4. The minimum absolute atomic E-state index is 0.0550. The van der Waals surface area contributed by atoms with Crippen LogP contribution in [0.4, 0.5) is 0 Å². The fourth-order valence-corrected chi connectivity index (χ4v) is 5.66. The van der Waals surface area contributed by atoms with Crippen LogP contribution in [0.1, 0.15) is 55.7 Å². The molecule has 204 valence electrons. The van der Waals surface area contributed by atoms with E-state index in [0.717, 1.165) is 30.4 Å². The largest absolute Gasteiger partial charge is 0.374 e. The predicted molar refractivity (Wildman–Crippen MR) is 146 cm³/mol. The molecule has 1 aliphatic heterocycles. The van der Waals surface area contributed by atoms with Crippen molar-refractivity contribution in [3.8, 4) is 0 Å². The normalized spacial score (nSPS) is 19.1. The number of carbonyl (C=O) groups excluding carboxylic acids is 3. The van der Waals surface area contributed by atoms with E-state index < -0.39 is 17.5 Å². The minimum Gasteiger partial charge on any atom is -0.374 e. The minimum atomic E-state index is -1.12. The quantitative estimate of drug-likeness (QED) is 0.557. The predicted octanol–water partition coefficient (Wildman–Crippen LogP) is 2.56. The Morgan fingerprint density at radius 1 is 1.08 bits per heavy atom. The van der Waals surface area contributed by atoms with Crippen LogP contribution in [0.2, 0.25) is 0 Å². The average molecular weight is 521 g/mol. The fourth-order valence-electron chi connectivity index (χ4n) is 5.66. The zero-order valence-corrected chi connectivity index (χ0v) is 22.9. The summed E-state index contributed by atoms with van der Waals surface area (Å²) in [5, 5.41) is 2.82. The number of nitrogens with one attached hydrogen (secondary N) is 1. The zero-order valence-electron chi connectivity index (χ0n) is 22.9. The SMILES string of the molecule is CN(C)C(=O)C1CC2(CCN(C(=O)C(COCc3ccccc3)NC(=O)C(C)(C)N)CC2)c2ccccc21. The first kappa shape index (κ1) is 27.8. The molecule has 2 aromatic rings. The Morgan fingerprint density at radius 3 is 2.34 bits per heavy atom. The van der Waals surface area contributed by atoms with Gasteiger partial charge >= 0.3 is 0 Å². The van der Waals surface area contributed by atoms with Crippen LogP contribution in [0.25, 0.3) is 0 Å². The van der Waals surface area contributed by atoms with Gasteiger partial charge < -0.3 is 25.6 Å². The van der Waals surface area contributed by atoms with Gasteiger partial charge in [-0.2, -0.15) is 0 Å². The van der Waals surface area contributed by atoms with E-state index in [2.05, 4.69) is 17.4 Å². The van der Waals surface area contributed by atoms with Gasteiger partial charge in [0.25, 0.3) is 0 Å². The molecule has 4 rings (SSSR count). The maximum atomic E-state index is 13.6. The number of likely N-dealkylation sites (N-methyl/N-ethyl adjacent to an activating group) is 1. The number of fused-ring (bicyclic) bond motifs is 2. The molecule has 0 radical (unpaired) electrons. The summed E-state index contributed by atoms with van der Waals surface area (Å²) in [6.07, 6.45) is 2.29. The molecule has 1 spiro atoms. The van der Waals surface area contributed by atoms with Gasteiger partial charge in [-0.05, 0) is 49.8 Å². The van der Waals surface area contributed by atoms with Crippen molar-refractivity contribution in [1.82, 2.24) is 15.1 Å². The summed E-state index contributed by atoms with van der Waals surface area (Å²) >= 11 is 0. The molecule has 2 aliphatic rings. The Bertz CT molecular complexity index is 1150. The molecule has 8 heteroatoms. The molecule has 2 unspecified atom stereocenters. The number of amides is 3. The molecule has 38 heavy (non-hydrogen) atoms. The van der Waals surface area contributed by atoms with Crippen molar-refractivity contribution in [3.63, 3.8) is 0 Å². The highest BCUT2D eigenvalue weighted by Gasteiger charge is 2.48. The van der Waals surface area contributed by atoms with E-state index in [1.54, 1.807) is 32.8 Å². The van der Waals surface area contributed by atoms with Gasteiger partial charge in [0, 0.05) is 32.6 Å². The number of carbonyl (C=O) groups is 3. The highest BCUT2D eigenvalue weighted by molar-refractivity contribution is 5.91. The first-order valence-electron chi connectivity index (χ1n) is 13.3. The van der Waals surface area contributed by atoms with Gasteiger partial charge in [-0.1, -0.05) is 54.6 Å². The lowest BCUT2D eigenvalue weighted by atomic mass is 9.73. The Morgan fingerprint density at radius 2 is 1.71 bits per heavy atom. The number of nitrogens with zero attached hydrogens (tertiary/aromatic N) is 2. The summed E-state index contributed by atoms with van der Waals surface area (Å²) in [6.45, 7) is 4.72. The van der Waals surface area contributed by atoms with Crippen molar-refractivity contribution in [1.29, 1.82) is 0 Å². The molecule has 0 aromatic heterocycles. The van der Waals surface area contributed by atoms with E-state index in [9.17, 15) is 14.4 Å². The van der Waals surface area contributed by atoms with E-state index in [-0.39, 0.29) is 29.8 Å². The van der Waals surface area contributed by atoms with Crippen molar-refractivity contribution in [2.24, 2.45) is 5.73 Å². The van der Waals surface area contributed by atoms with Gasteiger partial charge in [-0.25, -0.2) is 0 Å². The summed E-state index contributed by atoms with van der Waals surface area (Å²) in [5.41, 5.74) is 8.07. The molecule has 2 aromatic carbocycles. The second-order valence-corrected chi connectivity index (χ2v) is 11.4. The van der Waals surface area contributed by atoms with E-state index in [1.807, 2.05) is 47.4 Å². The number of rotatable bonds is 8. The van der Waals surface area contributed by atoms with Crippen LogP contribution in [0.15, 0.2) is 54.6 Å². The topological polar surface area (TPSA) is 105 Å². The number of ether oxygens (including phenoxy) is 1. The Balaban J connectivity index is 1.45. The molecule has 0 bridgehead atoms. The first-order valence-corrected chi connectivity index (χ1v) is 13.3. The molecule has 1 heterocycles. The molecular weight excluding hydrogens is 480 g/mol. The molecule has 1 aliphatic carbocycles. The van der Waals surface area contributed by atoms with Gasteiger partial charge in [0.2, 0.25) is 17.7 Å². The average Bonchev–Trinajstić information content (AvgIpc) is 3.21. The van der Waals surface area contributed by atoms with Crippen molar-refractivity contribution in [2.75, 3.05) is 33.8 Å². The highest BCUT2D eigenvalue weighted by Crippen LogP contribution is 2.52. The van der Waals surface area contributed by atoms with Gasteiger partial charge in [-0.15, -0.1) is 0 Å². The van der Waals surface area contributed by atoms with Gasteiger partial charge in [0.05, 0.1) is 24.7 Å². The van der Waals surface area contributed by atoms with Crippen LogP contribution >= 0.6 is 0 Å². The van der Waals surface area contributed by atoms with E-state index in [0.29, 0.717) is 19.7 Å². The summed E-state index contributed by atoms with van der Waals surface area (Å²) in [5.74, 6) is -0.607. The maximum absolute atomic E-state index is 13.6. The summed E-state index contributed by atoms with van der Waals surface area (Å²) in [7, 11) is 3.60. The Kier molecular flexibility index (Phi) is 8.23. The highest BCUT2D eigenvalue weighted by atomic mass is 16.5. The summed E-state index contributed by atoms with van der Waals surface area (Å²) < 4.78 is 5.86. The lowest BCUT2D eigenvalue weighted by Crippen LogP contribution is -2.59. The monoisotopic (exact) mass is 520 g/mol. The third-order valence-electron chi connectivity index (χ3n) is 7.86. The lowest BCUT2D eigenvalue weighted by molar-refractivity contribution is -0.141. The molecule has 1 saturated heterocycles. The molecule has 3 N–H and O–H groups in total. The molecule has 3 amide bonds. The third kappa shape index (κ3) is 5.92. The van der Waals surface area contributed by atoms with Gasteiger partial charge in [0.15, 0.2) is 0 Å². The molecule has 1 fully saturated rings. The fraction of sp³-hybridized carbons (Fsp3) is 0.500. The van der Waals surface area contributed by atoms with Crippen LogP contribution in [0.5, 0.6) is 0 Å². The maximum Gasteiger partial charge on any atom is 0.247 e. The van der Waals surface area contributed by atoms with Gasteiger partial charge in [-0.3, -0.25) is 14.4 Å². The van der Waals surface area contributed by atoms with Crippen LogP contribution in [0.3, 0.4) is 0 Å².